The molecular formula is C20H24N8O3. The van der Waals surface area contributed by atoms with E-state index in [-0.39, 0.29) is 5.69 Å². The van der Waals surface area contributed by atoms with Crippen LogP contribution in [0.5, 0.6) is 0 Å². The lowest BCUT2D eigenvalue weighted by atomic mass is 10.2. The van der Waals surface area contributed by atoms with Crippen molar-refractivity contribution in [1.82, 2.24) is 29.6 Å². The van der Waals surface area contributed by atoms with E-state index in [0.717, 1.165) is 45.0 Å². The van der Waals surface area contributed by atoms with Crippen LogP contribution < -0.4 is 10.6 Å². The molecule has 1 fully saturated rings. The van der Waals surface area contributed by atoms with Crippen molar-refractivity contribution in [3.63, 3.8) is 0 Å². The van der Waals surface area contributed by atoms with Crippen molar-refractivity contribution >= 4 is 23.4 Å². The molecule has 0 saturated carbocycles. The van der Waals surface area contributed by atoms with Gasteiger partial charge in [0.1, 0.15) is 23.8 Å². The minimum atomic E-state index is -1.08. The number of aromatic carboxylic acids is 1. The number of pyridine rings is 1. The van der Waals surface area contributed by atoms with Crippen LogP contribution in [-0.2, 0) is 4.74 Å². The Kier molecular flexibility index (Phi) is 6.34. The lowest BCUT2D eigenvalue weighted by Crippen LogP contribution is -2.39. The normalized spacial score (nSPS) is 14.4. The van der Waals surface area contributed by atoms with E-state index in [9.17, 15) is 9.90 Å². The second kappa shape index (κ2) is 9.49. The number of hydrogen-bond acceptors (Lipinski definition) is 9. The molecule has 0 spiro atoms. The number of carbonyl (C=O) groups is 1. The maximum atomic E-state index is 11.2. The third-order valence-electron chi connectivity index (χ3n) is 4.91. The fourth-order valence-electron chi connectivity index (χ4n) is 3.20. The van der Waals surface area contributed by atoms with Crippen molar-refractivity contribution in [3.05, 3.63) is 48.0 Å². The van der Waals surface area contributed by atoms with E-state index < -0.39 is 5.97 Å². The van der Waals surface area contributed by atoms with Crippen LogP contribution in [-0.4, -0.2) is 80.1 Å². The Morgan fingerprint density at radius 3 is 2.87 bits per heavy atom. The molecule has 0 aromatic carbocycles. The number of aryl methyl sites for hydroxylation is 1. The molecule has 162 valence electrons. The van der Waals surface area contributed by atoms with Gasteiger partial charge in [0.15, 0.2) is 11.5 Å². The fraction of sp³-hybridized carbons (Fsp3) is 0.350. The molecule has 0 amide bonds. The van der Waals surface area contributed by atoms with Gasteiger partial charge in [0, 0.05) is 38.3 Å². The first-order valence-corrected chi connectivity index (χ1v) is 9.98. The third-order valence-corrected chi connectivity index (χ3v) is 4.91. The van der Waals surface area contributed by atoms with E-state index in [2.05, 4.69) is 35.6 Å². The minimum Gasteiger partial charge on any atom is -0.477 e. The van der Waals surface area contributed by atoms with Gasteiger partial charge in [0.05, 0.1) is 19.4 Å². The quantitative estimate of drug-likeness (QED) is 0.489. The van der Waals surface area contributed by atoms with Crippen LogP contribution in [0.4, 0.5) is 17.5 Å². The van der Waals surface area contributed by atoms with Gasteiger partial charge in [0.2, 0.25) is 0 Å². The third kappa shape index (κ3) is 5.13. The number of anilines is 3. The SMILES string of the molecule is Cc1ccc(C(=O)O)nc1Nc1ccnn1-c1cc(NCCN2CCOCC2)ncn1. The summed E-state index contributed by atoms with van der Waals surface area (Å²) in [6, 6.07) is 6.76. The van der Waals surface area contributed by atoms with Crippen molar-refractivity contribution in [1.29, 1.82) is 0 Å². The molecule has 1 aliphatic heterocycles. The van der Waals surface area contributed by atoms with E-state index in [4.69, 9.17) is 4.74 Å². The number of carboxylic acid groups (broad SMARTS) is 1. The molecule has 3 N–H and O–H groups in total. The number of nitrogens with one attached hydrogen (secondary N) is 2. The topological polar surface area (TPSA) is 130 Å². The second-order valence-electron chi connectivity index (χ2n) is 7.06. The molecule has 11 heteroatoms. The van der Waals surface area contributed by atoms with Gasteiger partial charge < -0.3 is 20.5 Å². The zero-order valence-electron chi connectivity index (χ0n) is 17.2. The first-order chi connectivity index (χ1) is 15.1. The number of aromatic nitrogens is 5. The van der Waals surface area contributed by atoms with Crippen molar-refractivity contribution < 1.29 is 14.6 Å². The van der Waals surface area contributed by atoms with E-state index in [1.54, 1.807) is 23.0 Å². The molecule has 31 heavy (non-hydrogen) atoms. The molecule has 4 heterocycles. The van der Waals surface area contributed by atoms with Crippen LogP contribution in [0.15, 0.2) is 36.8 Å². The van der Waals surface area contributed by atoms with Gasteiger partial charge in [-0.1, -0.05) is 6.07 Å². The minimum absolute atomic E-state index is 0.0343. The lowest BCUT2D eigenvalue weighted by Gasteiger charge is -2.26. The van der Waals surface area contributed by atoms with Gasteiger partial charge in [-0.3, -0.25) is 4.90 Å². The van der Waals surface area contributed by atoms with Crippen LogP contribution in [0, 0.1) is 6.92 Å². The highest BCUT2D eigenvalue weighted by Gasteiger charge is 2.13. The molecule has 0 bridgehead atoms. The van der Waals surface area contributed by atoms with Crippen LogP contribution in [0.1, 0.15) is 16.1 Å². The predicted octanol–water partition coefficient (Wildman–Crippen LogP) is 1.55. The molecule has 1 aliphatic rings. The number of ether oxygens (including phenoxy) is 1. The highest BCUT2D eigenvalue weighted by atomic mass is 16.5. The Hall–Kier alpha value is -3.57. The number of carboxylic acids is 1. The summed E-state index contributed by atoms with van der Waals surface area (Å²) in [5.41, 5.74) is 0.777. The van der Waals surface area contributed by atoms with Crippen LogP contribution in [0.3, 0.4) is 0 Å². The Labute approximate surface area is 179 Å². The number of nitrogens with zero attached hydrogens (tertiary/aromatic N) is 6. The Bertz CT molecular complexity index is 1050. The van der Waals surface area contributed by atoms with E-state index >= 15 is 0 Å². The summed E-state index contributed by atoms with van der Waals surface area (Å²) in [4.78, 5) is 26.4. The summed E-state index contributed by atoms with van der Waals surface area (Å²) in [7, 11) is 0. The smallest absolute Gasteiger partial charge is 0.354 e. The summed E-state index contributed by atoms with van der Waals surface area (Å²) in [6.45, 7) is 6.94. The van der Waals surface area contributed by atoms with Crippen LogP contribution in [0.25, 0.3) is 5.82 Å². The number of hydrogen-bond donors (Lipinski definition) is 3. The molecule has 0 unspecified atom stereocenters. The average Bonchev–Trinajstić information content (AvgIpc) is 3.24. The monoisotopic (exact) mass is 424 g/mol. The number of morpholine rings is 1. The highest BCUT2D eigenvalue weighted by molar-refractivity contribution is 5.86. The molecule has 0 radical (unpaired) electrons. The maximum absolute atomic E-state index is 11.2. The summed E-state index contributed by atoms with van der Waals surface area (Å²) in [5, 5.41) is 20.0. The second-order valence-corrected chi connectivity index (χ2v) is 7.06. The first-order valence-electron chi connectivity index (χ1n) is 9.98. The Morgan fingerprint density at radius 2 is 2.06 bits per heavy atom. The van der Waals surface area contributed by atoms with Crippen molar-refractivity contribution in [2.75, 3.05) is 50.0 Å². The van der Waals surface area contributed by atoms with Gasteiger partial charge in [-0.15, -0.1) is 0 Å². The highest BCUT2D eigenvalue weighted by Crippen LogP contribution is 2.21. The molecule has 1 saturated heterocycles. The van der Waals surface area contributed by atoms with Gasteiger partial charge in [0.25, 0.3) is 0 Å². The summed E-state index contributed by atoms with van der Waals surface area (Å²) in [6.07, 6.45) is 3.11. The van der Waals surface area contributed by atoms with Gasteiger partial charge in [-0.25, -0.2) is 19.7 Å². The molecule has 3 aromatic heterocycles. The molecular weight excluding hydrogens is 400 g/mol. The molecule has 11 nitrogen and oxygen atoms in total. The summed E-state index contributed by atoms with van der Waals surface area (Å²) < 4.78 is 6.98. The average molecular weight is 424 g/mol. The predicted molar refractivity (Wildman–Crippen MR) is 114 cm³/mol. The van der Waals surface area contributed by atoms with E-state index in [1.807, 2.05) is 13.0 Å². The van der Waals surface area contributed by atoms with Crippen molar-refractivity contribution in [2.45, 2.75) is 6.92 Å². The Morgan fingerprint density at radius 1 is 1.23 bits per heavy atom. The van der Waals surface area contributed by atoms with Crippen molar-refractivity contribution in [3.8, 4) is 5.82 Å². The van der Waals surface area contributed by atoms with E-state index in [0.29, 0.717) is 23.3 Å². The Balaban J connectivity index is 1.46. The largest absolute Gasteiger partial charge is 0.477 e. The molecule has 0 aliphatic carbocycles. The zero-order chi connectivity index (χ0) is 21.6. The lowest BCUT2D eigenvalue weighted by molar-refractivity contribution is 0.0398. The zero-order valence-corrected chi connectivity index (χ0v) is 17.2. The van der Waals surface area contributed by atoms with Gasteiger partial charge in [-0.2, -0.15) is 9.78 Å². The summed E-state index contributed by atoms with van der Waals surface area (Å²) in [5.74, 6) is 1.24. The van der Waals surface area contributed by atoms with Crippen molar-refractivity contribution in [2.24, 2.45) is 0 Å². The fourth-order valence-corrected chi connectivity index (χ4v) is 3.20. The van der Waals surface area contributed by atoms with E-state index in [1.165, 1.54) is 12.4 Å². The number of rotatable bonds is 8. The summed E-state index contributed by atoms with van der Waals surface area (Å²) >= 11 is 0. The molecule has 0 atom stereocenters. The standard InChI is InChI=1S/C20H24N8O3/c1-14-2-3-15(20(29)30)25-19(14)26-17-4-5-24-28(17)18-12-16(22-13-23-18)21-6-7-27-8-10-31-11-9-27/h2-5,12-13H,6-11H2,1H3,(H,25,26)(H,29,30)(H,21,22,23). The first kappa shape index (κ1) is 20.7. The van der Waals surface area contributed by atoms with Gasteiger partial charge in [-0.05, 0) is 18.6 Å². The van der Waals surface area contributed by atoms with Crippen LogP contribution >= 0.6 is 0 Å². The van der Waals surface area contributed by atoms with Gasteiger partial charge >= 0.3 is 5.97 Å². The molecule has 3 aromatic rings. The maximum Gasteiger partial charge on any atom is 0.354 e. The molecule has 4 rings (SSSR count). The van der Waals surface area contributed by atoms with Crippen LogP contribution in [0.2, 0.25) is 0 Å².